The molecule has 25 heavy (non-hydrogen) atoms. The number of amides is 1. The van der Waals surface area contributed by atoms with Crippen LogP contribution >= 0.6 is 15.9 Å². The van der Waals surface area contributed by atoms with Gasteiger partial charge in [0.25, 0.3) is 0 Å². The van der Waals surface area contributed by atoms with Crippen LogP contribution in [0.4, 0.5) is 0 Å². The second-order valence-corrected chi connectivity index (χ2v) is 7.07. The van der Waals surface area contributed by atoms with Crippen LogP contribution in [-0.2, 0) is 11.3 Å². The minimum atomic E-state index is -0.219. The molecule has 0 saturated heterocycles. The lowest BCUT2D eigenvalue weighted by Gasteiger charge is -2.16. The zero-order valence-corrected chi connectivity index (χ0v) is 15.9. The van der Waals surface area contributed by atoms with E-state index >= 15 is 0 Å². The lowest BCUT2D eigenvalue weighted by atomic mass is 10.2. The van der Waals surface area contributed by atoms with Crippen LogP contribution in [0.25, 0.3) is 11.0 Å². The van der Waals surface area contributed by atoms with Crippen molar-refractivity contribution >= 4 is 32.9 Å². The van der Waals surface area contributed by atoms with Gasteiger partial charge < -0.3 is 9.88 Å². The highest BCUT2D eigenvalue weighted by Gasteiger charge is 2.18. The monoisotopic (exact) mass is 397 g/mol. The Hall–Kier alpha value is -2.40. The molecule has 1 heterocycles. The molecule has 1 unspecified atom stereocenters. The number of halogens is 1. The maximum Gasteiger partial charge on any atom is 0.246 e. The summed E-state index contributed by atoms with van der Waals surface area (Å²) in [5.74, 6) is 0.671. The Bertz CT molecular complexity index is 945. The molecule has 0 saturated carbocycles. The van der Waals surface area contributed by atoms with Crippen molar-refractivity contribution in [2.75, 3.05) is 0 Å². The third-order valence-corrected chi connectivity index (χ3v) is 4.53. The van der Waals surface area contributed by atoms with Gasteiger partial charge in [0.15, 0.2) is 0 Å². The summed E-state index contributed by atoms with van der Waals surface area (Å²) in [7, 11) is 0. The average Bonchev–Trinajstić information content (AvgIpc) is 2.93. The first-order chi connectivity index (χ1) is 12.0. The first kappa shape index (κ1) is 17.4. The molecule has 0 aliphatic carbocycles. The fourth-order valence-electron chi connectivity index (χ4n) is 2.79. The largest absolute Gasteiger partial charge is 0.343 e. The Balaban J connectivity index is 2.02. The molecule has 0 aliphatic rings. The average molecular weight is 398 g/mol. The Morgan fingerprint density at radius 2 is 2.04 bits per heavy atom. The molecule has 4 nitrogen and oxygen atoms in total. The van der Waals surface area contributed by atoms with E-state index in [0.29, 0.717) is 12.1 Å². The van der Waals surface area contributed by atoms with Crippen LogP contribution < -0.4 is 5.32 Å². The second-order valence-electron chi connectivity index (χ2n) is 6.15. The van der Waals surface area contributed by atoms with Gasteiger partial charge in [-0.05, 0) is 43.7 Å². The van der Waals surface area contributed by atoms with Gasteiger partial charge >= 0.3 is 0 Å². The molecular weight excluding hydrogens is 378 g/mol. The molecule has 1 N–H and O–H groups in total. The van der Waals surface area contributed by atoms with E-state index in [1.165, 1.54) is 0 Å². The molecule has 1 amide bonds. The Morgan fingerprint density at radius 1 is 1.28 bits per heavy atom. The lowest BCUT2D eigenvalue weighted by molar-refractivity contribution is -0.118. The van der Waals surface area contributed by atoms with E-state index in [4.69, 9.17) is 4.98 Å². The molecule has 3 aromatic rings. The second kappa shape index (κ2) is 7.23. The molecule has 128 valence electrons. The van der Waals surface area contributed by atoms with Crippen molar-refractivity contribution < 1.29 is 4.79 Å². The number of rotatable bonds is 5. The zero-order valence-electron chi connectivity index (χ0n) is 14.3. The van der Waals surface area contributed by atoms with Gasteiger partial charge in [-0.15, -0.1) is 0 Å². The molecule has 1 atom stereocenters. The van der Waals surface area contributed by atoms with Crippen LogP contribution in [0.15, 0.2) is 65.2 Å². The van der Waals surface area contributed by atoms with Gasteiger partial charge in [-0.25, -0.2) is 4.98 Å². The van der Waals surface area contributed by atoms with Crippen molar-refractivity contribution in [3.05, 3.63) is 76.5 Å². The van der Waals surface area contributed by atoms with Crippen molar-refractivity contribution in [1.29, 1.82) is 0 Å². The Labute approximate surface area is 155 Å². The predicted octanol–water partition coefficient (Wildman–Crippen LogP) is 4.60. The van der Waals surface area contributed by atoms with Crippen LogP contribution in [-0.4, -0.2) is 15.5 Å². The Morgan fingerprint density at radius 3 is 2.76 bits per heavy atom. The van der Waals surface area contributed by atoms with Crippen LogP contribution in [0.3, 0.4) is 0 Å². The minimum absolute atomic E-state index is 0.159. The van der Waals surface area contributed by atoms with Crippen LogP contribution in [0.1, 0.15) is 31.3 Å². The van der Waals surface area contributed by atoms with Crippen LogP contribution in [0.2, 0.25) is 0 Å². The van der Waals surface area contributed by atoms with E-state index in [1.54, 1.807) is 6.92 Å². The maximum absolute atomic E-state index is 12.0. The molecule has 0 aliphatic heterocycles. The number of nitrogens with one attached hydrogen (secondary N) is 1. The molecule has 5 heteroatoms. The summed E-state index contributed by atoms with van der Waals surface area (Å²) in [4.78, 5) is 16.8. The quantitative estimate of drug-likeness (QED) is 0.639. The van der Waals surface area contributed by atoms with Crippen molar-refractivity contribution in [2.24, 2.45) is 0 Å². The van der Waals surface area contributed by atoms with E-state index in [2.05, 4.69) is 50.6 Å². The summed E-state index contributed by atoms with van der Waals surface area (Å²) in [6.07, 6.45) is 0. The SMILES string of the molecule is C=C(C)C(=O)NC(C)c1nc2ccccc2n1Cc1cccc(Br)c1. The number of imidazole rings is 1. The number of hydrogen-bond acceptors (Lipinski definition) is 2. The van der Waals surface area contributed by atoms with Gasteiger partial charge in [-0.1, -0.05) is 46.8 Å². The van der Waals surface area contributed by atoms with Gasteiger partial charge in [0.05, 0.1) is 17.1 Å². The lowest BCUT2D eigenvalue weighted by Crippen LogP contribution is -2.29. The van der Waals surface area contributed by atoms with Gasteiger partial charge in [0.2, 0.25) is 5.91 Å². The molecule has 0 radical (unpaired) electrons. The standard InChI is InChI=1S/C20H20BrN3O/c1-13(2)20(25)22-14(3)19-23-17-9-4-5-10-18(17)24(19)12-15-7-6-8-16(21)11-15/h4-11,14H,1,12H2,2-3H3,(H,22,25). The molecule has 1 aromatic heterocycles. The minimum Gasteiger partial charge on any atom is -0.343 e. The summed E-state index contributed by atoms with van der Waals surface area (Å²) in [5, 5.41) is 2.96. The normalized spacial score (nSPS) is 12.1. The number of benzene rings is 2. The Kier molecular flexibility index (Phi) is 5.04. The third-order valence-electron chi connectivity index (χ3n) is 4.04. The fraction of sp³-hybridized carbons (Fsp3) is 0.200. The molecular formula is C20H20BrN3O. The van der Waals surface area contributed by atoms with E-state index < -0.39 is 0 Å². The summed E-state index contributed by atoms with van der Waals surface area (Å²) in [5.41, 5.74) is 3.62. The van der Waals surface area contributed by atoms with Crippen molar-refractivity contribution in [1.82, 2.24) is 14.9 Å². The molecule has 3 rings (SSSR count). The number of aromatic nitrogens is 2. The molecule has 0 bridgehead atoms. The maximum atomic E-state index is 12.0. The van der Waals surface area contributed by atoms with Gasteiger partial charge in [0, 0.05) is 16.6 Å². The number of fused-ring (bicyclic) bond motifs is 1. The fourth-order valence-corrected chi connectivity index (χ4v) is 3.24. The van der Waals surface area contributed by atoms with Crippen molar-refractivity contribution in [3.63, 3.8) is 0 Å². The topological polar surface area (TPSA) is 46.9 Å². The highest BCUT2D eigenvalue weighted by atomic mass is 79.9. The molecule has 0 fully saturated rings. The number of nitrogens with zero attached hydrogens (tertiary/aromatic N) is 2. The summed E-state index contributed by atoms with van der Waals surface area (Å²) >= 11 is 3.52. The van der Waals surface area contributed by atoms with Gasteiger partial charge in [-0.3, -0.25) is 4.79 Å². The van der Waals surface area contributed by atoms with Crippen molar-refractivity contribution in [2.45, 2.75) is 26.4 Å². The highest BCUT2D eigenvalue weighted by molar-refractivity contribution is 9.10. The van der Waals surface area contributed by atoms with E-state index in [0.717, 1.165) is 26.9 Å². The summed E-state index contributed by atoms with van der Waals surface area (Å²) < 4.78 is 3.19. The van der Waals surface area contributed by atoms with Gasteiger partial charge in [0.1, 0.15) is 5.82 Å². The van der Waals surface area contributed by atoms with E-state index in [-0.39, 0.29) is 11.9 Å². The van der Waals surface area contributed by atoms with Crippen molar-refractivity contribution in [3.8, 4) is 0 Å². The third kappa shape index (κ3) is 3.82. The number of carbonyl (C=O) groups excluding carboxylic acids is 1. The number of hydrogen-bond donors (Lipinski definition) is 1. The van der Waals surface area contributed by atoms with E-state index in [1.807, 2.05) is 37.3 Å². The number of carbonyl (C=O) groups is 1. The first-order valence-corrected chi connectivity index (χ1v) is 8.91. The predicted molar refractivity (Wildman–Crippen MR) is 104 cm³/mol. The zero-order chi connectivity index (χ0) is 18.0. The van der Waals surface area contributed by atoms with E-state index in [9.17, 15) is 4.79 Å². The smallest absolute Gasteiger partial charge is 0.246 e. The summed E-state index contributed by atoms with van der Waals surface area (Å²) in [6.45, 7) is 8.03. The molecule has 2 aromatic carbocycles. The summed E-state index contributed by atoms with van der Waals surface area (Å²) in [6, 6.07) is 16.0. The van der Waals surface area contributed by atoms with Gasteiger partial charge in [-0.2, -0.15) is 0 Å². The number of para-hydroxylation sites is 2. The molecule has 0 spiro atoms. The first-order valence-electron chi connectivity index (χ1n) is 8.11. The van der Waals surface area contributed by atoms with Crippen LogP contribution in [0.5, 0.6) is 0 Å². The van der Waals surface area contributed by atoms with Crippen LogP contribution in [0, 0.1) is 0 Å². The highest BCUT2D eigenvalue weighted by Crippen LogP contribution is 2.23.